The Bertz CT molecular complexity index is 566. The van der Waals surface area contributed by atoms with Crippen LogP contribution in [0.5, 0.6) is 0 Å². The molecule has 2 aromatic heterocycles. The molecule has 0 amide bonds. The second kappa shape index (κ2) is 4.84. The van der Waals surface area contributed by atoms with E-state index in [0.717, 1.165) is 22.6 Å². The maximum Gasteiger partial charge on any atom is 0.152 e. The van der Waals surface area contributed by atoms with Crippen LogP contribution in [0.4, 0.5) is 0 Å². The zero-order valence-electron chi connectivity index (χ0n) is 10.4. The van der Waals surface area contributed by atoms with Gasteiger partial charge in [-0.25, -0.2) is 9.67 Å². The van der Waals surface area contributed by atoms with Crippen molar-refractivity contribution in [2.24, 2.45) is 5.92 Å². The van der Waals surface area contributed by atoms with Gasteiger partial charge >= 0.3 is 0 Å². The molecule has 2 heterocycles. The molecule has 0 aliphatic rings. The molecule has 0 bridgehead atoms. The van der Waals surface area contributed by atoms with Gasteiger partial charge in [0.1, 0.15) is 4.64 Å². The summed E-state index contributed by atoms with van der Waals surface area (Å²) in [5.41, 5.74) is 2.34. The molecule has 3 nitrogen and oxygen atoms in total. The number of hydrogen-bond acceptors (Lipinski definition) is 2. The molecule has 4 heteroatoms. The Morgan fingerprint density at radius 2 is 2.18 bits per heavy atom. The highest BCUT2D eigenvalue weighted by Gasteiger charge is 2.05. The lowest BCUT2D eigenvalue weighted by atomic mass is 10.1. The Morgan fingerprint density at radius 3 is 2.82 bits per heavy atom. The Labute approximate surface area is 106 Å². The molecular weight excluding hydrogens is 230 g/mol. The number of aromatic nitrogens is 3. The summed E-state index contributed by atoms with van der Waals surface area (Å²) in [6.45, 7) is 6.44. The van der Waals surface area contributed by atoms with E-state index < -0.39 is 0 Å². The molecule has 0 aliphatic carbocycles. The minimum atomic E-state index is 0.613. The molecule has 0 unspecified atom stereocenters. The third-order valence-corrected chi connectivity index (χ3v) is 2.83. The molecule has 0 saturated heterocycles. The zero-order valence-corrected chi connectivity index (χ0v) is 11.2. The van der Waals surface area contributed by atoms with Crippen molar-refractivity contribution in [2.75, 3.05) is 0 Å². The number of pyridine rings is 1. The van der Waals surface area contributed by atoms with Gasteiger partial charge in [-0.1, -0.05) is 26.1 Å². The van der Waals surface area contributed by atoms with E-state index in [4.69, 9.17) is 12.2 Å². The van der Waals surface area contributed by atoms with E-state index in [0.29, 0.717) is 5.92 Å². The fourth-order valence-corrected chi connectivity index (χ4v) is 2.08. The topological polar surface area (TPSA) is 33.6 Å². The lowest BCUT2D eigenvalue weighted by molar-refractivity contribution is 0.627. The number of rotatable bonds is 3. The minimum Gasteiger partial charge on any atom is -0.296 e. The van der Waals surface area contributed by atoms with Crippen LogP contribution < -0.4 is 0 Å². The van der Waals surface area contributed by atoms with Crippen LogP contribution in [0.3, 0.4) is 0 Å². The summed E-state index contributed by atoms with van der Waals surface area (Å²) in [5, 5.41) is 3.31. The Kier molecular flexibility index (Phi) is 3.43. The van der Waals surface area contributed by atoms with Gasteiger partial charge in [0, 0.05) is 11.9 Å². The quantitative estimate of drug-likeness (QED) is 0.843. The zero-order chi connectivity index (χ0) is 12.4. The van der Waals surface area contributed by atoms with E-state index in [1.165, 1.54) is 5.56 Å². The van der Waals surface area contributed by atoms with Gasteiger partial charge in [0.05, 0.1) is 0 Å². The summed E-state index contributed by atoms with van der Waals surface area (Å²) in [4.78, 5) is 4.33. The number of H-pyrrole nitrogens is 1. The maximum atomic E-state index is 5.34. The van der Waals surface area contributed by atoms with Crippen molar-refractivity contribution in [1.82, 2.24) is 14.8 Å². The number of aryl methyl sites for hydroxylation is 1. The van der Waals surface area contributed by atoms with Crippen LogP contribution in [-0.4, -0.2) is 14.8 Å². The van der Waals surface area contributed by atoms with Gasteiger partial charge in [0.2, 0.25) is 0 Å². The molecule has 0 fully saturated rings. The first-order valence-electron chi connectivity index (χ1n) is 5.80. The highest BCUT2D eigenvalue weighted by molar-refractivity contribution is 7.71. The van der Waals surface area contributed by atoms with Gasteiger partial charge in [0.25, 0.3) is 0 Å². The third kappa shape index (κ3) is 2.82. The van der Waals surface area contributed by atoms with E-state index in [9.17, 15) is 0 Å². The van der Waals surface area contributed by atoms with E-state index >= 15 is 0 Å². The highest BCUT2D eigenvalue weighted by atomic mass is 32.1. The van der Waals surface area contributed by atoms with Crippen LogP contribution in [0.15, 0.2) is 24.4 Å². The van der Waals surface area contributed by atoms with Crippen molar-refractivity contribution < 1.29 is 0 Å². The largest absolute Gasteiger partial charge is 0.296 e. The summed E-state index contributed by atoms with van der Waals surface area (Å²) in [7, 11) is 0. The smallest absolute Gasteiger partial charge is 0.152 e. The van der Waals surface area contributed by atoms with Crippen molar-refractivity contribution in [1.29, 1.82) is 0 Å². The number of nitrogens with zero attached hydrogens (tertiary/aromatic N) is 2. The molecule has 0 atom stereocenters. The molecule has 2 aromatic rings. The first-order valence-corrected chi connectivity index (χ1v) is 6.21. The van der Waals surface area contributed by atoms with Gasteiger partial charge < -0.3 is 0 Å². The lowest BCUT2D eigenvalue weighted by Gasteiger charge is -2.04. The van der Waals surface area contributed by atoms with E-state index in [-0.39, 0.29) is 0 Å². The number of nitrogens with one attached hydrogen (secondary N) is 1. The Hall–Kier alpha value is -1.42. The maximum absolute atomic E-state index is 5.34. The van der Waals surface area contributed by atoms with E-state index in [1.807, 2.05) is 29.8 Å². The molecule has 90 valence electrons. The second-order valence-electron chi connectivity index (χ2n) is 4.74. The van der Waals surface area contributed by atoms with Crippen LogP contribution in [0.2, 0.25) is 0 Å². The van der Waals surface area contributed by atoms with E-state index in [2.05, 4.69) is 23.9 Å². The Morgan fingerprint density at radius 1 is 1.41 bits per heavy atom. The first-order chi connectivity index (χ1) is 8.06. The fraction of sp³-hybridized carbons (Fsp3) is 0.385. The van der Waals surface area contributed by atoms with Gasteiger partial charge in [-0.3, -0.25) is 5.10 Å². The molecule has 0 aliphatic heterocycles. The lowest BCUT2D eigenvalue weighted by Crippen LogP contribution is -2.01. The summed E-state index contributed by atoms with van der Waals surface area (Å²) in [5.74, 6) is 1.46. The normalized spacial score (nSPS) is 11.1. The van der Waals surface area contributed by atoms with Crippen molar-refractivity contribution in [3.05, 3.63) is 40.3 Å². The van der Waals surface area contributed by atoms with Crippen molar-refractivity contribution in [3.8, 4) is 5.82 Å². The van der Waals surface area contributed by atoms with Gasteiger partial charge in [-0.2, -0.15) is 0 Å². The van der Waals surface area contributed by atoms with Gasteiger partial charge in [-0.05, 0) is 43.0 Å². The molecule has 1 N–H and O–H groups in total. The molecule has 0 radical (unpaired) electrons. The average Bonchev–Trinajstić information content (AvgIpc) is 2.58. The first kappa shape index (κ1) is 12.0. The molecule has 0 aromatic carbocycles. The summed E-state index contributed by atoms with van der Waals surface area (Å²) >= 11 is 5.34. The molecule has 0 spiro atoms. The summed E-state index contributed by atoms with van der Waals surface area (Å²) in [6, 6.07) is 6.01. The SMILES string of the molecule is Cc1ccnc(-n2[nH]c(CC(C)C)cc2=S)c1. The van der Waals surface area contributed by atoms with Crippen LogP contribution >= 0.6 is 12.2 Å². The number of hydrogen-bond donors (Lipinski definition) is 1. The van der Waals surface area contributed by atoms with Crippen LogP contribution in [0.1, 0.15) is 25.1 Å². The molecule has 17 heavy (non-hydrogen) atoms. The van der Waals surface area contributed by atoms with Crippen molar-refractivity contribution in [2.45, 2.75) is 27.2 Å². The third-order valence-electron chi connectivity index (χ3n) is 2.53. The average molecular weight is 247 g/mol. The number of aromatic amines is 1. The fourth-order valence-electron chi connectivity index (χ4n) is 1.80. The minimum absolute atomic E-state index is 0.613. The van der Waals surface area contributed by atoms with Gasteiger partial charge in [0.15, 0.2) is 5.82 Å². The van der Waals surface area contributed by atoms with Gasteiger partial charge in [-0.15, -0.1) is 0 Å². The van der Waals surface area contributed by atoms with E-state index in [1.54, 1.807) is 6.20 Å². The van der Waals surface area contributed by atoms with Crippen LogP contribution in [0, 0.1) is 17.5 Å². The Balaban J connectivity index is 2.39. The monoisotopic (exact) mass is 247 g/mol. The summed E-state index contributed by atoms with van der Waals surface area (Å²) in [6.07, 6.45) is 2.80. The molecular formula is C13H17N3S. The van der Waals surface area contributed by atoms with Crippen LogP contribution in [0.25, 0.3) is 5.82 Å². The standard InChI is InChI=1S/C13H17N3S/c1-9(2)6-11-8-13(17)16(15-11)12-7-10(3)4-5-14-12/h4-5,7-9,15H,6H2,1-3H3. The van der Waals surface area contributed by atoms with Crippen molar-refractivity contribution >= 4 is 12.2 Å². The predicted molar refractivity (Wildman–Crippen MR) is 72.0 cm³/mol. The van der Waals surface area contributed by atoms with Crippen molar-refractivity contribution in [3.63, 3.8) is 0 Å². The summed E-state index contributed by atoms with van der Waals surface area (Å²) < 4.78 is 2.64. The molecule has 0 saturated carbocycles. The predicted octanol–water partition coefficient (Wildman–Crippen LogP) is 3.44. The highest BCUT2D eigenvalue weighted by Crippen LogP contribution is 2.11. The molecule has 2 rings (SSSR count). The second-order valence-corrected chi connectivity index (χ2v) is 5.16. The van der Waals surface area contributed by atoms with Crippen LogP contribution in [-0.2, 0) is 6.42 Å².